The zero-order chi connectivity index (χ0) is 82.8. The van der Waals surface area contributed by atoms with Gasteiger partial charge in [0, 0.05) is 106 Å². The number of anilines is 3. The Labute approximate surface area is 719 Å². The fraction of sp³-hybridized carbons (Fsp3) is 0.0948. The van der Waals surface area contributed by atoms with Gasteiger partial charge in [0.2, 0.25) is 0 Å². The second kappa shape index (κ2) is 30.2. The predicted molar refractivity (Wildman–Crippen MR) is 518 cm³/mol. The second-order valence-electron chi connectivity index (χ2n) is 34.0. The summed E-state index contributed by atoms with van der Waals surface area (Å²) >= 11 is 0. The third kappa shape index (κ3) is 12.7. The summed E-state index contributed by atoms with van der Waals surface area (Å²) in [6, 6.07) is 139. The minimum absolute atomic E-state index is 0.215. The molecule has 6 aromatic heterocycles. The molecular weight excluding hydrogens is 1510 g/mol. The van der Waals surface area contributed by atoms with Crippen LogP contribution in [0.4, 0.5) is 17.1 Å². The van der Waals surface area contributed by atoms with Gasteiger partial charge < -0.3 is 27.4 Å². The van der Waals surface area contributed by atoms with Crippen molar-refractivity contribution in [2.75, 3.05) is 4.90 Å². The first-order chi connectivity index (χ1) is 61.0. The number of imidazole rings is 1. The first-order valence-corrected chi connectivity index (χ1v) is 43.5. The molecule has 0 aliphatic carbocycles. The summed E-state index contributed by atoms with van der Waals surface area (Å²) < 4.78 is 22.8. The molecule has 6 heterocycles. The van der Waals surface area contributed by atoms with E-state index < -0.39 is 0 Å². The molecule has 0 aliphatic rings. The molecule has 594 valence electrons. The zero-order valence-electron chi connectivity index (χ0n) is 69.8. The molecule has 23 aromatic rings. The highest BCUT2D eigenvalue weighted by molar-refractivity contribution is 6.14. The Morgan fingerprint density at radius 3 is 1.21 bits per heavy atom. The Bertz CT molecular complexity index is 7980. The average Bonchev–Trinajstić information content (AvgIpc) is 1.58. The molecule has 3 atom stereocenters. The van der Waals surface area contributed by atoms with Crippen LogP contribution in [0.5, 0.6) is 0 Å². The number of benzene rings is 17. The number of rotatable bonds is 19. The van der Waals surface area contributed by atoms with Gasteiger partial charge in [-0.2, -0.15) is 0 Å². The Balaban J connectivity index is 0.553. The van der Waals surface area contributed by atoms with Crippen molar-refractivity contribution in [3.05, 3.63) is 422 Å². The molecule has 0 spiro atoms. The van der Waals surface area contributed by atoms with Crippen LogP contribution in [0.3, 0.4) is 0 Å². The molecule has 0 amide bonds. The standard InChI is InChI=1S/C116H88N6O2/c1-6-77(85-45-55-109-100(68-85)98-31-15-19-34-107(98)120(109)92-50-42-79(43-51-92)78-40-48-91(49-41-78)119(89-24-9-7-10-25-89)90-26-11-8-12-27-90)65-88(80-36-38-81(39-37-80)116-117-60-61-118(116)115-75(4)62-73(2)63-76(115)5)64-74(3)82-44-54-110-99(67-82)97-30-16-20-35-108(97)122(110)94-53-59-114-104(72-94)102-70-87(47-57-112(102)124-114)84-23-21-22-83(66-84)86-46-56-111-101(69-86)103-71-93(52-58-113(103)123-111)121-105-32-17-13-28-95(105)96-29-14-18-33-106(96)121/h7-63,66-72,74,77,88H,6,64-65H2,1-5H3. The van der Waals surface area contributed by atoms with Gasteiger partial charge in [0.15, 0.2) is 0 Å². The lowest BCUT2D eigenvalue weighted by atomic mass is 9.78. The molecule has 0 saturated heterocycles. The van der Waals surface area contributed by atoms with Gasteiger partial charge >= 0.3 is 0 Å². The van der Waals surface area contributed by atoms with Gasteiger partial charge in [-0.05, 0) is 283 Å². The summed E-state index contributed by atoms with van der Waals surface area (Å²) in [5.74, 6) is 1.66. The lowest BCUT2D eigenvalue weighted by molar-refractivity contribution is 0.468. The third-order valence-electron chi connectivity index (χ3n) is 26.4. The molecule has 8 nitrogen and oxygen atoms in total. The van der Waals surface area contributed by atoms with Crippen molar-refractivity contribution < 1.29 is 8.83 Å². The van der Waals surface area contributed by atoms with E-state index in [1.165, 1.54) is 116 Å². The van der Waals surface area contributed by atoms with Crippen molar-refractivity contribution in [3.63, 3.8) is 0 Å². The van der Waals surface area contributed by atoms with Crippen molar-refractivity contribution >= 4 is 126 Å². The summed E-state index contributed by atoms with van der Waals surface area (Å²) in [6.07, 6.45) is 6.99. The molecule has 17 aromatic carbocycles. The van der Waals surface area contributed by atoms with E-state index in [1.54, 1.807) is 0 Å². The quantitative estimate of drug-likeness (QED) is 0.0809. The Hall–Kier alpha value is -15.3. The maximum atomic E-state index is 6.70. The number of aromatic nitrogens is 5. The van der Waals surface area contributed by atoms with E-state index in [2.05, 4.69) is 440 Å². The minimum atomic E-state index is 0.215. The molecule has 0 N–H and O–H groups in total. The molecule has 8 heteroatoms. The van der Waals surface area contributed by atoms with Crippen LogP contribution in [0, 0.1) is 20.8 Å². The van der Waals surface area contributed by atoms with Crippen LogP contribution >= 0.6 is 0 Å². The molecule has 124 heavy (non-hydrogen) atoms. The van der Waals surface area contributed by atoms with Crippen LogP contribution in [0.2, 0.25) is 0 Å². The van der Waals surface area contributed by atoms with E-state index >= 15 is 0 Å². The first-order valence-electron chi connectivity index (χ1n) is 43.5. The smallest absolute Gasteiger partial charge is 0.144 e. The van der Waals surface area contributed by atoms with Crippen LogP contribution in [0.25, 0.3) is 177 Å². The van der Waals surface area contributed by atoms with Crippen molar-refractivity contribution in [1.82, 2.24) is 23.3 Å². The SMILES string of the molecule is CCC(CC(CC(C)c1ccc2c(c1)c1ccccc1n2-c1ccc2oc3ccc(-c4cccc(-c5ccc6oc7ccc(-n8c9ccccc9c9ccccc98)cc7c6c5)c4)cc3c2c1)c1ccc(-c2nccn2-c2c(C)cc(C)cc2C)cc1)c1ccc2c(c1)c1ccccc1n2-c1ccc(-c2ccc(N(c3ccccc3)c3ccccc3)cc2)cc1. The van der Waals surface area contributed by atoms with Gasteiger partial charge in [0.05, 0.1) is 38.8 Å². The Morgan fingerprint density at radius 1 is 0.298 bits per heavy atom. The highest BCUT2D eigenvalue weighted by atomic mass is 16.3. The fourth-order valence-electron chi connectivity index (χ4n) is 20.5. The highest BCUT2D eigenvalue weighted by Gasteiger charge is 2.27. The van der Waals surface area contributed by atoms with E-state index in [4.69, 9.17) is 13.8 Å². The third-order valence-corrected chi connectivity index (χ3v) is 26.4. The van der Waals surface area contributed by atoms with Crippen molar-refractivity contribution in [3.8, 4) is 67.5 Å². The van der Waals surface area contributed by atoms with Gasteiger partial charge in [-0.3, -0.25) is 4.57 Å². The highest BCUT2D eigenvalue weighted by Crippen LogP contribution is 2.47. The number of furan rings is 2. The largest absolute Gasteiger partial charge is 0.456 e. The molecule has 0 aliphatic heterocycles. The predicted octanol–water partition coefficient (Wildman–Crippen LogP) is 31.9. The van der Waals surface area contributed by atoms with Crippen molar-refractivity contribution in [1.29, 1.82) is 0 Å². The number of aryl methyl sites for hydroxylation is 3. The summed E-state index contributed by atoms with van der Waals surface area (Å²) in [5.41, 5.74) is 34.2. The number of fused-ring (bicyclic) bond motifs is 15. The van der Waals surface area contributed by atoms with Crippen LogP contribution in [0.15, 0.2) is 397 Å². The summed E-state index contributed by atoms with van der Waals surface area (Å²) in [7, 11) is 0. The number of hydrogen-bond acceptors (Lipinski definition) is 4. The number of para-hydroxylation sites is 6. The molecule has 23 rings (SSSR count). The van der Waals surface area contributed by atoms with E-state index in [1.807, 2.05) is 6.20 Å². The van der Waals surface area contributed by atoms with Crippen LogP contribution in [0.1, 0.15) is 84.2 Å². The van der Waals surface area contributed by atoms with Gasteiger partial charge in [-0.25, -0.2) is 4.98 Å². The summed E-state index contributed by atoms with van der Waals surface area (Å²) in [4.78, 5) is 7.34. The summed E-state index contributed by atoms with van der Waals surface area (Å²) in [5, 5.41) is 11.8. The average molecular weight is 1600 g/mol. The van der Waals surface area contributed by atoms with Crippen LogP contribution < -0.4 is 4.90 Å². The van der Waals surface area contributed by atoms with Crippen molar-refractivity contribution in [2.24, 2.45) is 0 Å². The normalized spacial score (nSPS) is 12.7. The molecule has 0 saturated carbocycles. The molecular formula is C116H88N6O2. The number of hydrogen-bond donors (Lipinski definition) is 0. The van der Waals surface area contributed by atoms with E-state index in [9.17, 15) is 0 Å². The van der Waals surface area contributed by atoms with Gasteiger partial charge in [0.1, 0.15) is 28.2 Å². The fourth-order valence-corrected chi connectivity index (χ4v) is 20.5. The van der Waals surface area contributed by atoms with Crippen molar-refractivity contribution in [2.45, 2.75) is 71.6 Å². The van der Waals surface area contributed by atoms with Crippen LogP contribution in [-0.4, -0.2) is 23.3 Å². The lowest BCUT2D eigenvalue weighted by Gasteiger charge is -2.27. The van der Waals surface area contributed by atoms with E-state index in [0.29, 0.717) is 0 Å². The maximum absolute atomic E-state index is 6.70. The second-order valence-corrected chi connectivity index (χ2v) is 34.0. The summed E-state index contributed by atoms with van der Waals surface area (Å²) in [6.45, 7) is 11.4. The van der Waals surface area contributed by atoms with Gasteiger partial charge in [0.25, 0.3) is 0 Å². The lowest BCUT2D eigenvalue weighted by Crippen LogP contribution is -2.10. The zero-order valence-corrected chi connectivity index (χ0v) is 69.8. The maximum Gasteiger partial charge on any atom is 0.144 e. The van der Waals surface area contributed by atoms with E-state index in [0.717, 1.165) is 131 Å². The van der Waals surface area contributed by atoms with Crippen LogP contribution in [-0.2, 0) is 0 Å². The monoisotopic (exact) mass is 1600 g/mol. The Morgan fingerprint density at radius 2 is 0.694 bits per heavy atom. The molecule has 0 fully saturated rings. The first kappa shape index (κ1) is 73.9. The molecule has 0 radical (unpaired) electrons. The minimum Gasteiger partial charge on any atom is -0.456 e. The van der Waals surface area contributed by atoms with Gasteiger partial charge in [-0.15, -0.1) is 0 Å². The Kier molecular flexibility index (Phi) is 18.0. The number of nitrogens with zero attached hydrogens (tertiary/aromatic N) is 6. The van der Waals surface area contributed by atoms with Gasteiger partial charge in [-0.1, -0.05) is 232 Å². The van der Waals surface area contributed by atoms with E-state index in [-0.39, 0.29) is 17.8 Å². The molecule has 3 unspecified atom stereocenters. The molecule has 0 bridgehead atoms. The topological polar surface area (TPSA) is 62.1 Å².